The number of anilines is 2. The molecule has 3 aromatic heterocycles. The summed E-state index contributed by atoms with van der Waals surface area (Å²) in [7, 11) is 0. The van der Waals surface area contributed by atoms with Crippen molar-refractivity contribution >= 4 is 44.9 Å². The van der Waals surface area contributed by atoms with Gasteiger partial charge >= 0.3 is 0 Å². The Kier molecular flexibility index (Phi) is 7.28. The molecule has 2 amide bonds. The van der Waals surface area contributed by atoms with E-state index in [0.29, 0.717) is 40.6 Å². The lowest BCUT2D eigenvalue weighted by atomic mass is 9.93. The van der Waals surface area contributed by atoms with Crippen LogP contribution in [0, 0.1) is 0 Å². The summed E-state index contributed by atoms with van der Waals surface area (Å²) < 4.78 is 0. The van der Waals surface area contributed by atoms with Crippen LogP contribution in [0.2, 0.25) is 0 Å². The fourth-order valence-electron chi connectivity index (χ4n) is 5.34. The number of hydrogen-bond acceptors (Lipinski definition) is 6. The molecular formula is C31H33N5O2S. The monoisotopic (exact) mass is 539 g/mol. The molecule has 0 radical (unpaired) electrons. The van der Waals surface area contributed by atoms with Gasteiger partial charge in [-0.25, -0.2) is 9.97 Å². The third kappa shape index (κ3) is 5.66. The summed E-state index contributed by atoms with van der Waals surface area (Å²) in [5.74, 6) is 0.590. The van der Waals surface area contributed by atoms with Gasteiger partial charge in [0.2, 0.25) is 0 Å². The summed E-state index contributed by atoms with van der Waals surface area (Å²) in [5.41, 5.74) is 3.09. The van der Waals surface area contributed by atoms with Crippen LogP contribution in [0.15, 0.2) is 60.8 Å². The molecule has 2 aliphatic carbocycles. The van der Waals surface area contributed by atoms with Crippen LogP contribution >= 0.6 is 11.3 Å². The second-order valence-corrected chi connectivity index (χ2v) is 11.5. The molecule has 7 nitrogen and oxygen atoms in total. The average Bonchev–Trinajstić information content (AvgIpc) is 3.68. The molecule has 0 unspecified atom stereocenters. The van der Waals surface area contributed by atoms with Gasteiger partial charge in [-0.2, -0.15) is 0 Å². The van der Waals surface area contributed by atoms with E-state index in [1.807, 2.05) is 59.5 Å². The molecule has 200 valence electrons. The Morgan fingerprint density at radius 2 is 1.79 bits per heavy atom. The second kappa shape index (κ2) is 11.1. The van der Waals surface area contributed by atoms with Crippen LogP contribution in [0.25, 0.3) is 21.5 Å². The Morgan fingerprint density at radius 1 is 1.00 bits per heavy atom. The predicted molar refractivity (Wildman–Crippen MR) is 157 cm³/mol. The van der Waals surface area contributed by atoms with E-state index in [0.717, 1.165) is 47.2 Å². The van der Waals surface area contributed by atoms with Gasteiger partial charge in [-0.15, -0.1) is 11.3 Å². The number of carbonyl (C=O) groups is 2. The first-order valence-electron chi connectivity index (χ1n) is 13.9. The topological polar surface area (TPSA) is 87.2 Å². The van der Waals surface area contributed by atoms with Crippen molar-refractivity contribution < 1.29 is 9.59 Å². The summed E-state index contributed by atoms with van der Waals surface area (Å²) in [5, 5.41) is 7.45. The van der Waals surface area contributed by atoms with Gasteiger partial charge in [0.1, 0.15) is 10.6 Å². The molecule has 0 spiro atoms. The molecule has 1 aromatic carbocycles. The normalized spacial score (nSPS) is 15.7. The molecule has 2 fully saturated rings. The molecule has 0 bridgehead atoms. The molecule has 6 rings (SSSR count). The summed E-state index contributed by atoms with van der Waals surface area (Å²) >= 11 is 1.38. The van der Waals surface area contributed by atoms with Crippen molar-refractivity contribution in [2.75, 3.05) is 17.2 Å². The lowest BCUT2D eigenvalue weighted by molar-refractivity contribution is 0.0648. The largest absolute Gasteiger partial charge is 0.367 e. The number of hydrogen-bond donors (Lipinski definition) is 2. The number of benzene rings is 1. The van der Waals surface area contributed by atoms with Gasteiger partial charge in [-0.05, 0) is 69.0 Å². The molecular weight excluding hydrogens is 506 g/mol. The van der Waals surface area contributed by atoms with E-state index >= 15 is 0 Å². The number of pyridine rings is 2. The summed E-state index contributed by atoms with van der Waals surface area (Å²) in [6.45, 7) is 2.78. The van der Waals surface area contributed by atoms with Crippen molar-refractivity contribution in [3.05, 3.63) is 71.2 Å². The summed E-state index contributed by atoms with van der Waals surface area (Å²) in [6.07, 6.45) is 9.75. The Balaban J connectivity index is 1.20. The number of nitrogens with zero attached hydrogens (tertiary/aromatic N) is 3. The van der Waals surface area contributed by atoms with E-state index in [9.17, 15) is 9.59 Å². The van der Waals surface area contributed by atoms with Gasteiger partial charge in [0.25, 0.3) is 11.8 Å². The lowest BCUT2D eigenvalue weighted by Crippen LogP contribution is -2.41. The van der Waals surface area contributed by atoms with E-state index in [-0.39, 0.29) is 11.8 Å². The average molecular weight is 540 g/mol. The van der Waals surface area contributed by atoms with Crippen molar-refractivity contribution in [2.45, 2.75) is 64.0 Å². The molecule has 4 aromatic rings. The Morgan fingerprint density at radius 3 is 2.51 bits per heavy atom. The van der Waals surface area contributed by atoms with Gasteiger partial charge in [0.05, 0.1) is 16.1 Å². The van der Waals surface area contributed by atoms with Crippen LogP contribution in [0.4, 0.5) is 11.5 Å². The SMILES string of the molecule is CCN(C(=O)c1ccc(-c2ccc(NC(=O)c3cc4cccnc4s3)cc2)nc1NC1CC1)C1CCCCC1. The number of rotatable bonds is 8. The first kappa shape index (κ1) is 25.5. The van der Waals surface area contributed by atoms with E-state index in [1.54, 1.807) is 6.20 Å². The highest BCUT2D eigenvalue weighted by molar-refractivity contribution is 7.20. The highest BCUT2D eigenvalue weighted by atomic mass is 32.1. The molecule has 39 heavy (non-hydrogen) atoms. The fourth-order valence-corrected chi connectivity index (χ4v) is 6.24. The number of thiophene rings is 1. The molecule has 0 atom stereocenters. The summed E-state index contributed by atoms with van der Waals surface area (Å²) in [4.78, 5) is 39.2. The maximum atomic E-state index is 13.7. The number of carbonyl (C=O) groups excluding carboxylic acids is 2. The van der Waals surface area contributed by atoms with Gasteiger partial charge in [-0.3, -0.25) is 9.59 Å². The van der Waals surface area contributed by atoms with Gasteiger partial charge < -0.3 is 15.5 Å². The number of aromatic nitrogens is 2. The van der Waals surface area contributed by atoms with Gasteiger partial charge in [0.15, 0.2) is 0 Å². The predicted octanol–water partition coefficient (Wildman–Crippen LogP) is 6.98. The zero-order chi connectivity index (χ0) is 26.8. The van der Waals surface area contributed by atoms with Crippen molar-refractivity contribution in [1.82, 2.24) is 14.9 Å². The molecule has 0 saturated heterocycles. The van der Waals surface area contributed by atoms with E-state index in [4.69, 9.17) is 4.98 Å². The van der Waals surface area contributed by atoms with E-state index in [2.05, 4.69) is 22.5 Å². The number of fused-ring (bicyclic) bond motifs is 1. The second-order valence-electron chi connectivity index (χ2n) is 10.4. The van der Waals surface area contributed by atoms with Crippen LogP contribution < -0.4 is 10.6 Å². The van der Waals surface area contributed by atoms with Crippen molar-refractivity contribution in [1.29, 1.82) is 0 Å². The zero-order valence-electron chi connectivity index (χ0n) is 22.2. The quantitative estimate of drug-likeness (QED) is 0.252. The van der Waals surface area contributed by atoms with Crippen LogP contribution in [0.1, 0.15) is 71.9 Å². The maximum Gasteiger partial charge on any atom is 0.265 e. The Labute approximate surface area is 232 Å². The third-order valence-corrected chi connectivity index (χ3v) is 8.67. The highest BCUT2D eigenvalue weighted by Gasteiger charge is 2.29. The molecule has 3 heterocycles. The van der Waals surface area contributed by atoms with Crippen LogP contribution in [-0.2, 0) is 0 Å². The maximum absolute atomic E-state index is 13.7. The minimum atomic E-state index is -0.152. The number of amides is 2. The lowest BCUT2D eigenvalue weighted by Gasteiger charge is -2.34. The van der Waals surface area contributed by atoms with Crippen LogP contribution in [-0.4, -0.2) is 45.3 Å². The first-order chi connectivity index (χ1) is 19.1. The van der Waals surface area contributed by atoms with Crippen molar-refractivity contribution in [3.63, 3.8) is 0 Å². The Hall–Kier alpha value is -3.78. The van der Waals surface area contributed by atoms with Crippen molar-refractivity contribution in [2.24, 2.45) is 0 Å². The minimum absolute atomic E-state index is 0.0705. The zero-order valence-corrected chi connectivity index (χ0v) is 23.0. The van der Waals surface area contributed by atoms with Gasteiger partial charge in [0, 0.05) is 41.5 Å². The highest BCUT2D eigenvalue weighted by Crippen LogP contribution is 2.31. The fraction of sp³-hybridized carbons (Fsp3) is 0.355. The molecule has 8 heteroatoms. The molecule has 2 aliphatic rings. The van der Waals surface area contributed by atoms with E-state index in [1.165, 1.54) is 30.6 Å². The minimum Gasteiger partial charge on any atom is -0.367 e. The molecule has 2 N–H and O–H groups in total. The van der Waals surface area contributed by atoms with Crippen LogP contribution in [0.3, 0.4) is 0 Å². The van der Waals surface area contributed by atoms with E-state index < -0.39 is 0 Å². The molecule has 2 saturated carbocycles. The summed E-state index contributed by atoms with van der Waals surface area (Å²) in [6, 6.07) is 17.9. The van der Waals surface area contributed by atoms with Gasteiger partial charge in [-0.1, -0.05) is 37.5 Å². The first-order valence-corrected chi connectivity index (χ1v) is 14.8. The standard InChI is InChI=1S/C31H33N5O2S/c1-2-36(24-8-4-3-5-9-24)31(38)25-16-17-26(35-28(25)33-22-14-15-22)20-10-12-23(13-11-20)34-29(37)27-19-21-7-6-18-32-30(21)39-27/h6-7,10-13,16-19,22,24H,2-5,8-9,14-15H2,1H3,(H,33,35)(H,34,37). The van der Waals surface area contributed by atoms with Crippen molar-refractivity contribution in [3.8, 4) is 11.3 Å². The third-order valence-electron chi connectivity index (χ3n) is 7.62. The smallest absolute Gasteiger partial charge is 0.265 e. The van der Waals surface area contributed by atoms with Crippen LogP contribution in [0.5, 0.6) is 0 Å². The molecule has 0 aliphatic heterocycles. The Bertz CT molecular complexity index is 1460. The number of nitrogens with one attached hydrogen (secondary N) is 2.